The second kappa shape index (κ2) is 5.30. The fraction of sp³-hybridized carbons (Fsp3) is 0.200. The standard InChI is InChI=1S/C15H14N2O3/c18-14(7-8-17-10-15(19)20-16-17)13-6-5-11-3-1-2-4-12(11)9-13/h1-6,9-10,14,18H,7-8H2. The van der Waals surface area contributed by atoms with E-state index in [9.17, 15) is 10.2 Å². The van der Waals surface area contributed by atoms with Gasteiger partial charge in [-0.2, -0.15) is 0 Å². The summed E-state index contributed by atoms with van der Waals surface area (Å²) in [7, 11) is 0. The first-order valence-corrected chi connectivity index (χ1v) is 6.42. The van der Waals surface area contributed by atoms with Crippen molar-refractivity contribution in [3.63, 3.8) is 0 Å². The number of nitrogens with zero attached hydrogens (tertiary/aromatic N) is 2. The summed E-state index contributed by atoms with van der Waals surface area (Å²) in [4.78, 5) is 0. The molecule has 5 heteroatoms. The van der Waals surface area contributed by atoms with Crippen LogP contribution < -0.4 is 9.79 Å². The molecule has 20 heavy (non-hydrogen) atoms. The van der Waals surface area contributed by atoms with Gasteiger partial charge in [0.1, 0.15) is 5.95 Å². The van der Waals surface area contributed by atoms with Crippen LogP contribution in [0.1, 0.15) is 18.1 Å². The summed E-state index contributed by atoms with van der Waals surface area (Å²) in [5.74, 6) is -0.481. The van der Waals surface area contributed by atoms with Crippen LogP contribution >= 0.6 is 0 Å². The first-order chi connectivity index (χ1) is 9.72. The zero-order chi connectivity index (χ0) is 13.9. The lowest BCUT2D eigenvalue weighted by atomic mass is 10.0. The van der Waals surface area contributed by atoms with Crippen molar-refractivity contribution in [2.45, 2.75) is 19.1 Å². The van der Waals surface area contributed by atoms with Crippen molar-refractivity contribution in [3.05, 3.63) is 54.2 Å². The summed E-state index contributed by atoms with van der Waals surface area (Å²) >= 11 is 0. The topological polar surface area (TPSA) is 73.2 Å². The molecular weight excluding hydrogens is 256 g/mol. The van der Waals surface area contributed by atoms with E-state index < -0.39 is 12.1 Å². The highest BCUT2D eigenvalue weighted by molar-refractivity contribution is 5.83. The minimum Gasteiger partial charge on any atom is -0.539 e. The molecule has 1 unspecified atom stereocenters. The Labute approximate surface area is 115 Å². The zero-order valence-corrected chi connectivity index (χ0v) is 10.8. The van der Waals surface area contributed by atoms with Gasteiger partial charge in [-0.05, 0) is 22.4 Å². The number of rotatable bonds is 4. The van der Waals surface area contributed by atoms with Gasteiger partial charge in [0.05, 0.1) is 11.4 Å². The largest absolute Gasteiger partial charge is 0.539 e. The Balaban J connectivity index is 1.73. The second-order valence-electron chi connectivity index (χ2n) is 4.70. The third-order valence-corrected chi connectivity index (χ3v) is 3.28. The number of fused-ring (bicyclic) bond motifs is 1. The fourth-order valence-electron chi connectivity index (χ4n) is 2.20. The molecule has 0 saturated heterocycles. The van der Waals surface area contributed by atoms with Crippen molar-refractivity contribution in [1.82, 2.24) is 5.27 Å². The highest BCUT2D eigenvalue weighted by atomic mass is 16.6. The lowest BCUT2D eigenvalue weighted by molar-refractivity contribution is -0.763. The molecule has 1 aromatic heterocycles. The first-order valence-electron chi connectivity index (χ1n) is 6.42. The molecule has 3 aromatic rings. The lowest BCUT2D eigenvalue weighted by Crippen LogP contribution is -2.35. The van der Waals surface area contributed by atoms with Gasteiger partial charge in [-0.1, -0.05) is 41.1 Å². The van der Waals surface area contributed by atoms with Crippen LogP contribution in [0.15, 0.2) is 53.2 Å². The fourth-order valence-corrected chi connectivity index (χ4v) is 2.20. The van der Waals surface area contributed by atoms with E-state index >= 15 is 0 Å². The van der Waals surface area contributed by atoms with Crippen LogP contribution in [0, 0.1) is 0 Å². The van der Waals surface area contributed by atoms with Crippen molar-refractivity contribution < 1.29 is 19.4 Å². The van der Waals surface area contributed by atoms with Gasteiger partial charge in [0.15, 0.2) is 6.54 Å². The summed E-state index contributed by atoms with van der Waals surface area (Å²) in [5.41, 5.74) is 0.857. The van der Waals surface area contributed by atoms with E-state index in [-0.39, 0.29) is 0 Å². The van der Waals surface area contributed by atoms with Gasteiger partial charge in [0.2, 0.25) is 6.20 Å². The second-order valence-corrected chi connectivity index (χ2v) is 4.70. The van der Waals surface area contributed by atoms with Crippen molar-refractivity contribution in [3.8, 4) is 5.95 Å². The molecule has 5 nitrogen and oxygen atoms in total. The van der Waals surface area contributed by atoms with Gasteiger partial charge in [0, 0.05) is 6.42 Å². The predicted octanol–water partition coefficient (Wildman–Crippen LogP) is 1.31. The summed E-state index contributed by atoms with van der Waals surface area (Å²) in [6, 6.07) is 13.9. The summed E-state index contributed by atoms with van der Waals surface area (Å²) in [6.07, 6.45) is 1.14. The SMILES string of the molecule is [O-]c1c[n+](CCC(O)c2ccc3ccccc3c2)no1. The van der Waals surface area contributed by atoms with Crippen molar-refractivity contribution >= 4 is 10.8 Å². The Hall–Kier alpha value is -2.40. The molecule has 0 radical (unpaired) electrons. The molecule has 0 spiro atoms. The molecular formula is C15H14N2O3. The third kappa shape index (κ3) is 2.62. The quantitative estimate of drug-likeness (QED) is 0.725. The molecule has 0 fully saturated rings. The molecule has 2 aromatic carbocycles. The van der Waals surface area contributed by atoms with Crippen molar-refractivity contribution in [2.75, 3.05) is 0 Å². The van der Waals surface area contributed by atoms with E-state index in [1.54, 1.807) is 0 Å². The molecule has 1 heterocycles. The van der Waals surface area contributed by atoms with E-state index in [1.165, 1.54) is 10.9 Å². The summed E-state index contributed by atoms with van der Waals surface area (Å²) in [5, 5.41) is 26.8. The maximum absolute atomic E-state index is 10.8. The molecule has 0 bridgehead atoms. The third-order valence-electron chi connectivity index (χ3n) is 3.28. The number of hydrogen-bond acceptors (Lipinski definition) is 4. The number of benzene rings is 2. The zero-order valence-electron chi connectivity index (χ0n) is 10.8. The Morgan fingerprint density at radius 1 is 1.20 bits per heavy atom. The van der Waals surface area contributed by atoms with Crippen LogP contribution in [0.4, 0.5) is 0 Å². The summed E-state index contributed by atoms with van der Waals surface area (Å²) in [6.45, 7) is 0.430. The maximum atomic E-state index is 10.8. The maximum Gasteiger partial charge on any atom is 0.221 e. The lowest BCUT2D eigenvalue weighted by Gasteiger charge is -2.09. The Morgan fingerprint density at radius 3 is 2.75 bits per heavy atom. The van der Waals surface area contributed by atoms with E-state index in [0.29, 0.717) is 13.0 Å². The Kier molecular flexibility index (Phi) is 3.35. The number of aromatic nitrogens is 2. The monoisotopic (exact) mass is 270 g/mol. The number of hydrogen-bond donors (Lipinski definition) is 1. The Bertz CT molecular complexity index is 724. The highest BCUT2D eigenvalue weighted by Crippen LogP contribution is 2.22. The molecule has 102 valence electrons. The van der Waals surface area contributed by atoms with E-state index in [2.05, 4.69) is 9.79 Å². The average Bonchev–Trinajstić information content (AvgIpc) is 2.90. The number of aliphatic hydroxyl groups is 1. The van der Waals surface area contributed by atoms with Crippen LogP contribution in [0.3, 0.4) is 0 Å². The van der Waals surface area contributed by atoms with Crippen molar-refractivity contribution in [1.29, 1.82) is 0 Å². The molecule has 0 amide bonds. The number of aliphatic hydroxyl groups excluding tert-OH is 1. The normalized spacial score (nSPS) is 12.7. The molecule has 0 saturated carbocycles. The molecule has 0 aliphatic heterocycles. The van der Waals surface area contributed by atoms with Gasteiger partial charge in [-0.15, -0.1) is 0 Å². The van der Waals surface area contributed by atoms with Gasteiger partial charge >= 0.3 is 0 Å². The molecule has 1 N–H and O–H groups in total. The van der Waals surface area contributed by atoms with Crippen LogP contribution in [-0.2, 0) is 6.54 Å². The predicted molar refractivity (Wildman–Crippen MR) is 69.7 cm³/mol. The molecule has 0 aliphatic carbocycles. The van der Waals surface area contributed by atoms with Crippen molar-refractivity contribution in [2.24, 2.45) is 0 Å². The smallest absolute Gasteiger partial charge is 0.221 e. The number of aryl methyl sites for hydroxylation is 1. The Morgan fingerprint density at radius 2 is 2.00 bits per heavy atom. The van der Waals surface area contributed by atoms with Gasteiger partial charge < -0.3 is 14.7 Å². The van der Waals surface area contributed by atoms with E-state index in [4.69, 9.17) is 0 Å². The average molecular weight is 270 g/mol. The molecule has 3 rings (SSSR count). The van der Waals surface area contributed by atoms with Crippen LogP contribution in [0.25, 0.3) is 10.8 Å². The van der Waals surface area contributed by atoms with Gasteiger partial charge in [-0.25, -0.2) is 0 Å². The highest BCUT2D eigenvalue weighted by Gasteiger charge is 2.12. The minimum atomic E-state index is -0.598. The van der Waals surface area contributed by atoms with Gasteiger partial charge in [-0.3, -0.25) is 0 Å². The minimum absolute atomic E-state index is 0.430. The molecule has 0 aliphatic rings. The van der Waals surface area contributed by atoms with Crippen LogP contribution in [-0.4, -0.2) is 10.4 Å². The van der Waals surface area contributed by atoms with Crippen LogP contribution in [0.5, 0.6) is 5.95 Å². The summed E-state index contributed by atoms with van der Waals surface area (Å²) < 4.78 is 5.83. The first kappa shape index (κ1) is 12.6. The van der Waals surface area contributed by atoms with Crippen LogP contribution in [0.2, 0.25) is 0 Å². The van der Waals surface area contributed by atoms with Gasteiger partial charge in [0.25, 0.3) is 0 Å². The van der Waals surface area contributed by atoms with E-state index in [1.807, 2.05) is 42.5 Å². The molecule has 1 atom stereocenters. The van der Waals surface area contributed by atoms with E-state index in [0.717, 1.165) is 16.3 Å².